The fourth-order valence-electron chi connectivity index (χ4n) is 0.660. The average Bonchev–Trinajstić information content (AvgIpc) is 1.87. The maximum atomic E-state index is 9.01. The van der Waals surface area contributed by atoms with Crippen molar-refractivity contribution in [1.29, 1.82) is 0 Å². The first-order chi connectivity index (χ1) is 4.57. The first kappa shape index (κ1) is 9.66. The Bertz CT molecular complexity index is 118. The molecule has 0 aromatic carbocycles. The van der Waals surface area contributed by atoms with Crippen LogP contribution in [0.1, 0.15) is 27.2 Å². The summed E-state index contributed by atoms with van der Waals surface area (Å²) < 4.78 is 0. The van der Waals surface area contributed by atoms with Crippen molar-refractivity contribution in [3.05, 3.63) is 11.6 Å². The molecule has 2 atom stereocenters. The van der Waals surface area contributed by atoms with Gasteiger partial charge in [0, 0.05) is 6.04 Å². The van der Waals surface area contributed by atoms with E-state index in [2.05, 4.69) is 0 Å². The minimum absolute atomic E-state index is 0.115. The second-order valence-corrected chi connectivity index (χ2v) is 2.74. The van der Waals surface area contributed by atoms with Gasteiger partial charge in [-0.25, -0.2) is 0 Å². The van der Waals surface area contributed by atoms with Crippen LogP contribution in [-0.2, 0) is 0 Å². The lowest BCUT2D eigenvalue weighted by molar-refractivity contribution is 0.163. The monoisotopic (exact) mass is 143 g/mol. The molecule has 3 N–H and O–H groups in total. The highest BCUT2D eigenvalue weighted by molar-refractivity contribution is 4.98. The van der Waals surface area contributed by atoms with Gasteiger partial charge in [-0.15, -0.1) is 0 Å². The van der Waals surface area contributed by atoms with E-state index in [0.29, 0.717) is 0 Å². The molecule has 0 aliphatic heterocycles. The van der Waals surface area contributed by atoms with E-state index in [0.717, 1.165) is 6.42 Å². The second kappa shape index (κ2) is 4.47. The van der Waals surface area contributed by atoms with Crippen LogP contribution < -0.4 is 5.73 Å². The van der Waals surface area contributed by atoms with E-state index in [-0.39, 0.29) is 6.04 Å². The molecular formula is C8H17NO. The zero-order valence-electron chi connectivity index (χ0n) is 6.96. The van der Waals surface area contributed by atoms with Crippen LogP contribution >= 0.6 is 0 Å². The van der Waals surface area contributed by atoms with Crippen molar-refractivity contribution in [1.82, 2.24) is 0 Å². The Kier molecular flexibility index (Phi) is 4.32. The van der Waals surface area contributed by atoms with Gasteiger partial charge in [-0.2, -0.15) is 0 Å². The molecule has 0 bridgehead atoms. The Hall–Kier alpha value is -0.340. The van der Waals surface area contributed by atoms with E-state index in [9.17, 15) is 0 Å². The standard InChI is InChI=1S/C8H17NO/c1-4-6(2)5-8(9)7(3)10/h4,7-8,10H,5,9H2,1-3H3. The largest absolute Gasteiger partial charge is 0.392 e. The molecule has 2 nitrogen and oxygen atoms in total. The number of nitrogens with two attached hydrogens (primary N) is 1. The normalized spacial score (nSPS) is 18.7. The predicted octanol–water partition coefficient (Wildman–Crippen LogP) is 1.05. The molecule has 0 fully saturated rings. The van der Waals surface area contributed by atoms with Crippen LogP contribution in [-0.4, -0.2) is 17.3 Å². The first-order valence-electron chi connectivity index (χ1n) is 3.63. The minimum atomic E-state index is -0.408. The molecule has 2 heteroatoms. The summed E-state index contributed by atoms with van der Waals surface area (Å²) in [5.41, 5.74) is 6.83. The molecule has 60 valence electrons. The SMILES string of the molecule is CC=C(C)CC(N)C(C)O. The fraction of sp³-hybridized carbons (Fsp3) is 0.750. The zero-order valence-corrected chi connectivity index (χ0v) is 6.96. The summed E-state index contributed by atoms with van der Waals surface area (Å²) in [6.07, 6.45) is 2.39. The first-order valence-corrected chi connectivity index (χ1v) is 3.63. The summed E-state index contributed by atoms with van der Waals surface area (Å²) >= 11 is 0. The van der Waals surface area contributed by atoms with Gasteiger partial charge in [-0.3, -0.25) is 0 Å². The fourth-order valence-corrected chi connectivity index (χ4v) is 0.660. The Labute approximate surface area is 62.7 Å². The van der Waals surface area contributed by atoms with E-state index < -0.39 is 6.10 Å². The highest BCUT2D eigenvalue weighted by Gasteiger charge is 2.08. The predicted molar refractivity (Wildman–Crippen MR) is 43.7 cm³/mol. The summed E-state index contributed by atoms with van der Waals surface area (Å²) in [7, 11) is 0. The van der Waals surface area contributed by atoms with Crippen molar-refractivity contribution in [2.75, 3.05) is 0 Å². The molecule has 0 heterocycles. The van der Waals surface area contributed by atoms with E-state index in [1.54, 1.807) is 6.92 Å². The molecule has 0 amide bonds. The van der Waals surface area contributed by atoms with Crippen molar-refractivity contribution in [3.8, 4) is 0 Å². The average molecular weight is 143 g/mol. The second-order valence-electron chi connectivity index (χ2n) is 2.74. The number of hydrogen-bond acceptors (Lipinski definition) is 2. The van der Waals surface area contributed by atoms with Crippen LogP contribution in [0.3, 0.4) is 0 Å². The van der Waals surface area contributed by atoms with Crippen molar-refractivity contribution >= 4 is 0 Å². The van der Waals surface area contributed by atoms with Gasteiger partial charge < -0.3 is 10.8 Å². The van der Waals surface area contributed by atoms with Crippen molar-refractivity contribution in [3.63, 3.8) is 0 Å². The summed E-state index contributed by atoms with van der Waals surface area (Å²) in [4.78, 5) is 0. The molecule has 0 aromatic heterocycles. The topological polar surface area (TPSA) is 46.2 Å². The minimum Gasteiger partial charge on any atom is -0.392 e. The van der Waals surface area contributed by atoms with Gasteiger partial charge in [0.05, 0.1) is 6.10 Å². The maximum absolute atomic E-state index is 9.01. The molecule has 0 spiro atoms. The van der Waals surface area contributed by atoms with Crippen LogP contribution in [0.15, 0.2) is 11.6 Å². The molecule has 0 aliphatic carbocycles. The van der Waals surface area contributed by atoms with Crippen LogP contribution in [0.25, 0.3) is 0 Å². The van der Waals surface area contributed by atoms with E-state index in [4.69, 9.17) is 10.8 Å². The molecule has 2 unspecified atom stereocenters. The smallest absolute Gasteiger partial charge is 0.0666 e. The quantitative estimate of drug-likeness (QED) is 0.580. The number of aliphatic hydroxyl groups is 1. The van der Waals surface area contributed by atoms with Gasteiger partial charge in [-0.1, -0.05) is 11.6 Å². The van der Waals surface area contributed by atoms with Gasteiger partial charge in [0.15, 0.2) is 0 Å². The van der Waals surface area contributed by atoms with Crippen LogP contribution in [0.4, 0.5) is 0 Å². The van der Waals surface area contributed by atoms with Gasteiger partial charge in [0.2, 0.25) is 0 Å². The van der Waals surface area contributed by atoms with Gasteiger partial charge in [-0.05, 0) is 27.2 Å². The van der Waals surface area contributed by atoms with Gasteiger partial charge in [0.25, 0.3) is 0 Å². The Morgan fingerprint density at radius 1 is 1.70 bits per heavy atom. The van der Waals surface area contributed by atoms with Gasteiger partial charge in [0.1, 0.15) is 0 Å². The summed E-state index contributed by atoms with van der Waals surface area (Å²) in [5.74, 6) is 0. The molecule has 0 rings (SSSR count). The van der Waals surface area contributed by atoms with Crippen LogP contribution in [0.5, 0.6) is 0 Å². The number of rotatable bonds is 3. The molecule has 10 heavy (non-hydrogen) atoms. The molecule has 0 saturated heterocycles. The van der Waals surface area contributed by atoms with Crippen LogP contribution in [0, 0.1) is 0 Å². The Morgan fingerprint density at radius 3 is 2.50 bits per heavy atom. The molecule has 0 radical (unpaired) electrons. The third-order valence-corrected chi connectivity index (χ3v) is 1.67. The maximum Gasteiger partial charge on any atom is 0.0666 e. The lowest BCUT2D eigenvalue weighted by Crippen LogP contribution is -2.32. The highest BCUT2D eigenvalue weighted by Crippen LogP contribution is 2.04. The molecule has 0 aliphatic rings. The molecular weight excluding hydrogens is 126 g/mol. The third-order valence-electron chi connectivity index (χ3n) is 1.67. The van der Waals surface area contributed by atoms with Gasteiger partial charge >= 0.3 is 0 Å². The van der Waals surface area contributed by atoms with Crippen molar-refractivity contribution in [2.24, 2.45) is 5.73 Å². The number of allylic oxidation sites excluding steroid dienone is 1. The van der Waals surface area contributed by atoms with E-state index in [1.807, 2.05) is 19.9 Å². The number of hydrogen-bond donors (Lipinski definition) is 2. The Morgan fingerprint density at radius 2 is 2.20 bits per heavy atom. The van der Waals surface area contributed by atoms with Crippen LogP contribution in [0.2, 0.25) is 0 Å². The van der Waals surface area contributed by atoms with E-state index >= 15 is 0 Å². The molecule has 0 saturated carbocycles. The lowest BCUT2D eigenvalue weighted by atomic mass is 10.0. The zero-order chi connectivity index (χ0) is 8.15. The van der Waals surface area contributed by atoms with Crippen molar-refractivity contribution < 1.29 is 5.11 Å². The summed E-state index contributed by atoms with van der Waals surface area (Å²) in [6, 6.07) is -0.115. The third kappa shape index (κ3) is 3.64. The summed E-state index contributed by atoms with van der Waals surface area (Å²) in [6.45, 7) is 5.71. The number of aliphatic hydroxyl groups excluding tert-OH is 1. The summed E-state index contributed by atoms with van der Waals surface area (Å²) in [5, 5.41) is 9.01. The lowest BCUT2D eigenvalue weighted by Gasteiger charge is -2.14. The van der Waals surface area contributed by atoms with Crippen molar-refractivity contribution in [2.45, 2.75) is 39.3 Å². The molecule has 0 aromatic rings. The Balaban J connectivity index is 3.68. The highest BCUT2D eigenvalue weighted by atomic mass is 16.3. The van der Waals surface area contributed by atoms with E-state index in [1.165, 1.54) is 5.57 Å².